The van der Waals surface area contributed by atoms with E-state index in [1.54, 1.807) is 0 Å². The van der Waals surface area contributed by atoms with Crippen LogP contribution in [0.2, 0.25) is 0 Å². The summed E-state index contributed by atoms with van der Waals surface area (Å²) in [5, 5.41) is 3.02. The Kier molecular flexibility index (Phi) is 11.2. The minimum absolute atomic E-state index is 0.0611. The molecule has 0 radical (unpaired) electrons. The lowest BCUT2D eigenvalue weighted by Crippen LogP contribution is -2.28. The second kappa shape index (κ2) is 16.7. The van der Waals surface area contributed by atoms with E-state index in [2.05, 4.69) is 277 Å². The Hall–Kier alpha value is -6.18. The summed E-state index contributed by atoms with van der Waals surface area (Å²) in [5.74, 6) is 0.286. The molecule has 4 aliphatic carbocycles. The van der Waals surface area contributed by atoms with Crippen LogP contribution in [0.15, 0.2) is 133 Å². The zero-order valence-electron chi connectivity index (χ0n) is 51.1. The van der Waals surface area contributed by atoms with E-state index in [0.717, 1.165) is 12.8 Å². The molecular formula is C77H87N. The largest absolute Gasteiger partial charge is 0.310 e. The lowest BCUT2D eigenvalue weighted by atomic mass is 9.62. The highest BCUT2D eigenvalue weighted by molar-refractivity contribution is 6.18. The van der Waals surface area contributed by atoms with E-state index in [1.807, 2.05) is 0 Å². The summed E-state index contributed by atoms with van der Waals surface area (Å²) in [6.07, 6.45) is 2.05. The average molecular weight is 1030 g/mol. The van der Waals surface area contributed by atoms with Crippen molar-refractivity contribution in [2.24, 2.45) is 0 Å². The maximum Gasteiger partial charge on any atom is 0.0468 e. The highest BCUT2D eigenvalue weighted by Crippen LogP contribution is 2.68. The maximum atomic E-state index is 2.71. The number of anilines is 3. The molecule has 0 N–H and O–H groups in total. The average Bonchev–Trinajstić information content (AvgIpc) is 3.88. The molecule has 0 atom stereocenters. The van der Waals surface area contributed by atoms with Crippen LogP contribution in [0.1, 0.15) is 234 Å². The topological polar surface area (TPSA) is 3.24 Å². The van der Waals surface area contributed by atoms with Gasteiger partial charge in [-0.25, -0.2) is 0 Å². The van der Waals surface area contributed by atoms with Gasteiger partial charge in [0.2, 0.25) is 0 Å². The van der Waals surface area contributed by atoms with Crippen molar-refractivity contribution in [3.05, 3.63) is 217 Å². The van der Waals surface area contributed by atoms with Crippen LogP contribution in [-0.2, 0) is 49.7 Å². The predicted octanol–water partition coefficient (Wildman–Crippen LogP) is 21.2. The second-order valence-corrected chi connectivity index (χ2v) is 30.7. The van der Waals surface area contributed by atoms with Gasteiger partial charge in [0.1, 0.15) is 0 Å². The lowest BCUT2D eigenvalue weighted by molar-refractivity contribution is 0.588. The molecule has 0 aliphatic heterocycles. The van der Waals surface area contributed by atoms with Gasteiger partial charge in [0.05, 0.1) is 0 Å². The van der Waals surface area contributed by atoms with Crippen LogP contribution in [0.25, 0.3) is 33.0 Å². The van der Waals surface area contributed by atoms with Crippen LogP contribution in [0.3, 0.4) is 0 Å². The van der Waals surface area contributed by atoms with Gasteiger partial charge in [-0.2, -0.15) is 0 Å². The Labute approximate surface area is 470 Å². The van der Waals surface area contributed by atoms with E-state index in [1.165, 1.54) is 134 Å². The molecule has 1 heteroatoms. The van der Waals surface area contributed by atoms with E-state index in [9.17, 15) is 0 Å². The molecule has 0 aromatic heterocycles. The number of hydrogen-bond acceptors (Lipinski definition) is 1. The predicted molar refractivity (Wildman–Crippen MR) is 336 cm³/mol. The smallest absolute Gasteiger partial charge is 0.0468 e. The second-order valence-electron chi connectivity index (χ2n) is 30.7. The van der Waals surface area contributed by atoms with E-state index in [0.29, 0.717) is 0 Å². The summed E-state index contributed by atoms with van der Waals surface area (Å²) < 4.78 is 0. The van der Waals surface area contributed by atoms with Crippen molar-refractivity contribution in [1.82, 2.24) is 0 Å². The minimum Gasteiger partial charge on any atom is -0.310 e. The number of aryl methyl sites for hydroxylation is 1. The van der Waals surface area contributed by atoms with Gasteiger partial charge in [-0.3, -0.25) is 0 Å². The summed E-state index contributed by atoms with van der Waals surface area (Å²) in [6.45, 7) is 48.0. The van der Waals surface area contributed by atoms with E-state index < -0.39 is 0 Å². The van der Waals surface area contributed by atoms with Gasteiger partial charge in [0, 0.05) is 44.6 Å². The molecule has 4 aliphatic rings. The summed E-state index contributed by atoms with van der Waals surface area (Å²) >= 11 is 0. The first-order valence-electron chi connectivity index (χ1n) is 29.5. The molecule has 0 fully saturated rings. The summed E-state index contributed by atoms with van der Waals surface area (Å²) in [6, 6.07) is 53.8. The Bertz CT molecular complexity index is 3650. The Morgan fingerprint density at radius 3 is 0.923 bits per heavy atom. The van der Waals surface area contributed by atoms with Gasteiger partial charge in [-0.05, 0) is 187 Å². The van der Waals surface area contributed by atoms with Crippen LogP contribution in [0.4, 0.5) is 17.1 Å². The highest BCUT2D eigenvalue weighted by atomic mass is 15.1. The minimum atomic E-state index is -0.276. The highest BCUT2D eigenvalue weighted by Gasteiger charge is 2.52. The number of hydrogen-bond donors (Lipinski definition) is 0. The van der Waals surface area contributed by atoms with Crippen molar-refractivity contribution < 1.29 is 0 Å². The molecule has 1 nitrogen and oxygen atoms in total. The summed E-state index contributed by atoms with van der Waals surface area (Å²) in [5.41, 5.74) is 30.6. The Balaban J connectivity index is 1.01. The van der Waals surface area contributed by atoms with E-state index in [-0.39, 0.29) is 49.2 Å². The third-order valence-corrected chi connectivity index (χ3v) is 19.9. The first-order chi connectivity index (χ1) is 36.2. The fraction of sp³-hybridized carbons (Fsp3) is 0.403. The van der Waals surface area contributed by atoms with Crippen LogP contribution in [0.5, 0.6) is 0 Å². The zero-order chi connectivity index (χ0) is 56.0. The van der Waals surface area contributed by atoms with Crippen molar-refractivity contribution in [1.29, 1.82) is 0 Å². The molecule has 0 saturated heterocycles. The number of rotatable bonds is 8. The number of nitrogens with zero attached hydrogens (tertiary/aromatic N) is 1. The molecule has 0 spiro atoms. The molecule has 8 aromatic rings. The maximum absolute atomic E-state index is 2.71. The molecule has 0 unspecified atom stereocenters. The standard InChI is InChI=1S/C77H87N/c1-70(2,3)48-26-22-46(23-27-48)55(47-24-28-49(29-25-47)71(4,5)6)38-21-45-39-56-64-57(40-45)75(15,16)62-44-61-67-65-58(76(61,17)18)41-54(42-59(65)77(19,20)63-43-60(74(56,13)14)66(64)68(62)69(63)67)78(52-34-30-50(31-35-52)72(7,8)9)53-36-32-51(33-37-53)73(10,11)12/h22-37,39-44,55H,21,38H2,1-20H3. The summed E-state index contributed by atoms with van der Waals surface area (Å²) in [7, 11) is 0. The molecular weight excluding hydrogens is 939 g/mol. The normalized spacial score (nSPS) is 16.8. The van der Waals surface area contributed by atoms with Crippen molar-refractivity contribution in [2.45, 2.75) is 201 Å². The van der Waals surface area contributed by atoms with Crippen LogP contribution in [-0.4, -0.2) is 0 Å². The quantitative estimate of drug-likeness (QED) is 0.147. The molecule has 78 heavy (non-hydrogen) atoms. The Morgan fingerprint density at radius 2 is 0.603 bits per heavy atom. The molecule has 400 valence electrons. The van der Waals surface area contributed by atoms with Crippen molar-refractivity contribution >= 4 is 27.8 Å². The third kappa shape index (κ3) is 7.73. The SMILES string of the molecule is CC(C)(C)c1ccc(C(CCc2cc3c4c(c2)C(C)(C)c2cc5c6c7c(cc(c-4c27)C3(C)C)C(C)(C)c2cc(N(c3ccc(C(C)(C)C)cc3)c3ccc(C(C)(C)C)cc3)cc(c2-6)C5(C)C)c2ccc(C(C)(C)C)cc2)cc1. The van der Waals surface area contributed by atoms with Gasteiger partial charge in [0.25, 0.3) is 0 Å². The van der Waals surface area contributed by atoms with Crippen LogP contribution < -0.4 is 4.90 Å². The van der Waals surface area contributed by atoms with Gasteiger partial charge in [-0.15, -0.1) is 0 Å². The molecule has 8 aromatic carbocycles. The van der Waals surface area contributed by atoms with Gasteiger partial charge in [0.15, 0.2) is 0 Å². The first-order valence-corrected chi connectivity index (χ1v) is 29.5. The molecule has 0 amide bonds. The first kappa shape index (κ1) is 52.5. The zero-order valence-corrected chi connectivity index (χ0v) is 51.1. The number of benzene rings is 8. The third-order valence-electron chi connectivity index (χ3n) is 19.9. The van der Waals surface area contributed by atoms with Crippen LogP contribution in [0, 0.1) is 0 Å². The van der Waals surface area contributed by atoms with E-state index >= 15 is 0 Å². The fourth-order valence-electron chi connectivity index (χ4n) is 14.8. The van der Waals surface area contributed by atoms with Gasteiger partial charge >= 0.3 is 0 Å². The molecule has 12 rings (SSSR count). The summed E-state index contributed by atoms with van der Waals surface area (Å²) in [4.78, 5) is 2.54. The van der Waals surface area contributed by atoms with Crippen LogP contribution >= 0.6 is 0 Å². The molecule has 0 bridgehead atoms. The van der Waals surface area contributed by atoms with Gasteiger partial charge in [-0.1, -0.05) is 236 Å². The monoisotopic (exact) mass is 1030 g/mol. The van der Waals surface area contributed by atoms with Crippen molar-refractivity contribution in [2.75, 3.05) is 4.90 Å². The fourth-order valence-corrected chi connectivity index (χ4v) is 14.8. The van der Waals surface area contributed by atoms with Crippen molar-refractivity contribution in [3.63, 3.8) is 0 Å². The van der Waals surface area contributed by atoms with Crippen molar-refractivity contribution in [3.8, 4) is 22.3 Å². The lowest BCUT2D eigenvalue weighted by Gasteiger charge is -2.41. The molecule has 0 saturated carbocycles. The van der Waals surface area contributed by atoms with Gasteiger partial charge < -0.3 is 4.90 Å². The molecule has 0 heterocycles. The van der Waals surface area contributed by atoms with E-state index in [4.69, 9.17) is 0 Å². The Morgan fingerprint density at radius 1 is 0.321 bits per heavy atom.